The minimum Gasteiger partial charge on any atom is -0.477 e. The number of hydrogen-bond acceptors (Lipinski definition) is 2. The number of rotatable bonds is 2. The van der Waals surface area contributed by atoms with Gasteiger partial charge in [-0.05, 0) is 18.2 Å². The molecule has 0 fully saturated rings. The lowest BCUT2D eigenvalue weighted by Crippen LogP contribution is -2.25. The maximum absolute atomic E-state index is 13.0. The first kappa shape index (κ1) is 10.7. The van der Waals surface area contributed by atoms with Gasteiger partial charge < -0.3 is 10.8 Å². The summed E-state index contributed by atoms with van der Waals surface area (Å²) in [5.41, 5.74) is 4.47. The highest BCUT2D eigenvalue weighted by atomic mass is 35.5. The molecule has 0 aliphatic heterocycles. The summed E-state index contributed by atoms with van der Waals surface area (Å²) < 4.78 is 26.0. The molecule has 0 bridgehead atoms. The molecule has 0 heterocycles. The van der Waals surface area contributed by atoms with Crippen molar-refractivity contribution in [2.24, 2.45) is 0 Å². The zero-order chi connectivity index (χ0) is 10.9. The van der Waals surface area contributed by atoms with E-state index in [1.54, 1.807) is 0 Å². The molecule has 0 saturated heterocycles. The van der Waals surface area contributed by atoms with Gasteiger partial charge in [0.2, 0.25) is 0 Å². The number of aliphatic carboxylic acids is 1. The maximum atomic E-state index is 13.0. The molecule has 0 amide bonds. The molecule has 0 aliphatic rings. The van der Waals surface area contributed by atoms with Gasteiger partial charge in [-0.25, -0.2) is 4.79 Å². The van der Waals surface area contributed by atoms with E-state index in [-0.39, 0.29) is 10.7 Å². The molecule has 76 valence electrons. The predicted octanol–water partition coefficient (Wildman–Crippen LogP) is 2.10. The van der Waals surface area contributed by atoms with E-state index in [2.05, 4.69) is 0 Å². The molecule has 6 heteroatoms. The van der Waals surface area contributed by atoms with Crippen LogP contribution in [-0.2, 0) is 10.7 Å². The fourth-order valence-corrected chi connectivity index (χ4v) is 1.13. The van der Waals surface area contributed by atoms with Crippen molar-refractivity contribution < 1.29 is 18.7 Å². The number of carboxylic acids is 1. The summed E-state index contributed by atoms with van der Waals surface area (Å²) in [5.74, 6) is -6.28. The summed E-state index contributed by atoms with van der Waals surface area (Å²) in [6.45, 7) is 0. The van der Waals surface area contributed by atoms with Crippen molar-refractivity contribution in [2.45, 2.75) is 5.92 Å². The van der Waals surface area contributed by atoms with Gasteiger partial charge in [0.1, 0.15) is 0 Å². The predicted molar refractivity (Wildman–Crippen MR) is 47.4 cm³/mol. The second-order valence-electron chi connectivity index (χ2n) is 2.62. The maximum Gasteiger partial charge on any atom is 0.379 e. The molecule has 0 atom stereocenters. The van der Waals surface area contributed by atoms with Crippen LogP contribution in [0.5, 0.6) is 0 Å². The fourth-order valence-electron chi connectivity index (χ4n) is 0.899. The molecule has 3 nitrogen and oxygen atoms in total. The highest BCUT2D eigenvalue weighted by Gasteiger charge is 2.42. The topological polar surface area (TPSA) is 63.3 Å². The summed E-state index contributed by atoms with van der Waals surface area (Å²) in [6.07, 6.45) is 0. The molecule has 3 N–H and O–H groups in total. The van der Waals surface area contributed by atoms with E-state index in [1.165, 1.54) is 6.07 Å². The summed E-state index contributed by atoms with van der Waals surface area (Å²) in [7, 11) is 0. The lowest BCUT2D eigenvalue weighted by atomic mass is 10.1. The molecular formula is C8H6ClF2NO2. The summed E-state index contributed by atoms with van der Waals surface area (Å²) in [5, 5.41) is 7.93. The van der Waals surface area contributed by atoms with Crippen LogP contribution in [0.2, 0.25) is 5.02 Å². The van der Waals surface area contributed by atoms with Gasteiger partial charge in [0.25, 0.3) is 0 Å². The Hall–Kier alpha value is -1.36. The summed E-state index contributed by atoms with van der Waals surface area (Å²) >= 11 is 5.43. The molecule has 14 heavy (non-hydrogen) atoms. The monoisotopic (exact) mass is 221 g/mol. The fraction of sp³-hybridized carbons (Fsp3) is 0.125. The SMILES string of the molecule is Nc1ccc(Cl)c(C(F)(F)C(=O)O)c1. The van der Waals surface area contributed by atoms with E-state index in [4.69, 9.17) is 22.4 Å². The van der Waals surface area contributed by atoms with E-state index in [0.717, 1.165) is 12.1 Å². The van der Waals surface area contributed by atoms with Gasteiger partial charge in [-0.2, -0.15) is 8.78 Å². The van der Waals surface area contributed by atoms with E-state index in [9.17, 15) is 13.6 Å². The van der Waals surface area contributed by atoms with Crippen molar-refractivity contribution in [1.29, 1.82) is 0 Å². The average molecular weight is 222 g/mol. The Bertz CT molecular complexity index is 382. The first-order valence-electron chi connectivity index (χ1n) is 3.52. The third kappa shape index (κ3) is 1.77. The van der Waals surface area contributed by atoms with Crippen LogP contribution < -0.4 is 5.73 Å². The normalized spacial score (nSPS) is 11.4. The van der Waals surface area contributed by atoms with Gasteiger partial charge in [-0.15, -0.1) is 0 Å². The van der Waals surface area contributed by atoms with Crippen molar-refractivity contribution >= 4 is 23.3 Å². The number of carboxylic acid groups (broad SMARTS) is 1. The first-order chi connectivity index (χ1) is 6.35. The van der Waals surface area contributed by atoms with Crippen LogP contribution in [0.1, 0.15) is 5.56 Å². The molecular weight excluding hydrogens is 216 g/mol. The molecule has 0 saturated carbocycles. The third-order valence-electron chi connectivity index (χ3n) is 1.60. The highest BCUT2D eigenvalue weighted by molar-refractivity contribution is 6.31. The van der Waals surface area contributed by atoms with Crippen molar-refractivity contribution in [3.05, 3.63) is 28.8 Å². The Labute approximate surface area is 83.1 Å². The van der Waals surface area contributed by atoms with Crippen LogP contribution in [0.3, 0.4) is 0 Å². The Kier molecular flexibility index (Phi) is 2.62. The lowest BCUT2D eigenvalue weighted by Gasteiger charge is -2.13. The van der Waals surface area contributed by atoms with E-state index >= 15 is 0 Å². The standard InChI is InChI=1S/C8H6ClF2NO2/c9-6-2-1-4(12)3-5(6)8(10,11)7(13)14/h1-3H,12H2,(H,13,14). The molecule has 0 radical (unpaired) electrons. The van der Waals surface area contributed by atoms with Crippen molar-refractivity contribution in [3.8, 4) is 0 Å². The Morgan fingerprint density at radius 3 is 2.57 bits per heavy atom. The molecule has 0 unspecified atom stereocenters. The molecule has 0 aliphatic carbocycles. The Morgan fingerprint density at radius 2 is 2.07 bits per heavy atom. The summed E-state index contributed by atoms with van der Waals surface area (Å²) in [6, 6.07) is 3.28. The molecule has 1 aromatic carbocycles. The van der Waals surface area contributed by atoms with Crippen LogP contribution in [-0.4, -0.2) is 11.1 Å². The quantitative estimate of drug-likeness (QED) is 0.752. The largest absolute Gasteiger partial charge is 0.477 e. The van der Waals surface area contributed by atoms with Crippen LogP contribution >= 0.6 is 11.6 Å². The number of nitrogen functional groups attached to an aromatic ring is 1. The van der Waals surface area contributed by atoms with Crippen molar-refractivity contribution in [1.82, 2.24) is 0 Å². The third-order valence-corrected chi connectivity index (χ3v) is 1.93. The van der Waals surface area contributed by atoms with Crippen LogP contribution in [0.25, 0.3) is 0 Å². The molecule has 0 spiro atoms. The number of anilines is 1. The van der Waals surface area contributed by atoms with Gasteiger partial charge in [-0.1, -0.05) is 11.6 Å². The van der Waals surface area contributed by atoms with Crippen LogP contribution in [0.4, 0.5) is 14.5 Å². The van der Waals surface area contributed by atoms with Gasteiger partial charge in [0.05, 0.1) is 10.6 Å². The van der Waals surface area contributed by atoms with Gasteiger partial charge >= 0.3 is 11.9 Å². The smallest absolute Gasteiger partial charge is 0.379 e. The van der Waals surface area contributed by atoms with E-state index in [1.807, 2.05) is 0 Å². The van der Waals surface area contributed by atoms with E-state index < -0.39 is 17.5 Å². The number of benzene rings is 1. The minimum absolute atomic E-state index is 0.0327. The molecule has 0 aromatic heterocycles. The average Bonchev–Trinajstić information content (AvgIpc) is 2.08. The Balaban J connectivity index is 3.31. The van der Waals surface area contributed by atoms with Crippen LogP contribution in [0.15, 0.2) is 18.2 Å². The van der Waals surface area contributed by atoms with Crippen LogP contribution in [0, 0.1) is 0 Å². The van der Waals surface area contributed by atoms with Gasteiger partial charge in [0.15, 0.2) is 0 Å². The lowest BCUT2D eigenvalue weighted by molar-refractivity contribution is -0.166. The Morgan fingerprint density at radius 1 is 1.50 bits per heavy atom. The van der Waals surface area contributed by atoms with Crippen molar-refractivity contribution in [3.63, 3.8) is 0 Å². The minimum atomic E-state index is -4.02. The number of halogens is 3. The van der Waals surface area contributed by atoms with Gasteiger partial charge in [0, 0.05) is 5.69 Å². The zero-order valence-corrected chi connectivity index (χ0v) is 7.55. The number of nitrogens with two attached hydrogens (primary N) is 1. The van der Waals surface area contributed by atoms with Crippen molar-refractivity contribution in [2.75, 3.05) is 5.73 Å². The highest BCUT2D eigenvalue weighted by Crippen LogP contribution is 2.34. The second kappa shape index (κ2) is 3.42. The van der Waals surface area contributed by atoms with Gasteiger partial charge in [-0.3, -0.25) is 0 Å². The van der Waals surface area contributed by atoms with E-state index in [0.29, 0.717) is 0 Å². The molecule has 1 aromatic rings. The molecule has 1 rings (SSSR count). The first-order valence-corrected chi connectivity index (χ1v) is 3.90. The second-order valence-corrected chi connectivity index (χ2v) is 3.03. The number of alkyl halides is 2. The number of hydrogen-bond donors (Lipinski definition) is 2. The number of carbonyl (C=O) groups is 1. The summed E-state index contributed by atoms with van der Waals surface area (Å²) in [4.78, 5) is 10.2. The zero-order valence-electron chi connectivity index (χ0n) is 6.80.